The first-order valence-electron chi connectivity index (χ1n) is 6.10. The molecule has 0 spiro atoms. The molecular formula is C13H7ClF6O4. The largest absolute Gasteiger partial charge is 0.484 e. The van der Waals surface area contributed by atoms with Gasteiger partial charge in [0, 0.05) is 11.6 Å². The zero-order chi connectivity index (χ0) is 18.3. The summed E-state index contributed by atoms with van der Waals surface area (Å²) in [6.07, 6.45) is -11.8. The predicted octanol–water partition coefficient (Wildman–Crippen LogP) is 4.07. The topological polar surface area (TPSA) is 55.8 Å². The summed E-state index contributed by atoms with van der Waals surface area (Å²) < 4.78 is 84.1. The second-order valence-corrected chi connectivity index (χ2v) is 5.08. The molecule has 1 aliphatic rings. The second kappa shape index (κ2) is 6.08. The van der Waals surface area contributed by atoms with Crippen LogP contribution in [0.15, 0.2) is 17.7 Å². The van der Waals surface area contributed by atoms with E-state index in [2.05, 4.69) is 9.47 Å². The Hall–Kier alpha value is -2.10. The Morgan fingerprint density at radius 2 is 1.88 bits per heavy atom. The van der Waals surface area contributed by atoms with Crippen molar-refractivity contribution in [3.63, 3.8) is 0 Å². The van der Waals surface area contributed by atoms with E-state index < -0.39 is 53.1 Å². The highest BCUT2D eigenvalue weighted by Crippen LogP contribution is 2.43. The SMILES string of the molecule is O=C(O)C1=Cc2cc(OCC(F)(F)F)cc(Cl)c2OC1C(F)(F)F. The zero-order valence-electron chi connectivity index (χ0n) is 11.3. The maximum absolute atomic E-state index is 12.9. The number of hydrogen-bond acceptors (Lipinski definition) is 3. The number of aliphatic carboxylic acids is 1. The molecule has 0 aliphatic carbocycles. The predicted molar refractivity (Wildman–Crippen MR) is 69.1 cm³/mol. The van der Waals surface area contributed by atoms with Crippen molar-refractivity contribution in [3.05, 3.63) is 28.3 Å². The van der Waals surface area contributed by atoms with Crippen LogP contribution in [0.2, 0.25) is 5.02 Å². The monoisotopic (exact) mass is 376 g/mol. The van der Waals surface area contributed by atoms with Crippen LogP contribution in [0.5, 0.6) is 11.5 Å². The number of hydrogen-bond donors (Lipinski definition) is 1. The van der Waals surface area contributed by atoms with Crippen molar-refractivity contribution in [1.82, 2.24) is 0 Å². The van der Waals surface area contributed by atoms with Crippen molar-refractivity contribution in [3.8, 4) is 11.5 Å². The molecule has 0 saturated heterocycles. The Kier molecular flexibility index (Phi) is 4.62. The Bertz CT molecular complexity index is 695. The summed E-state index contributed by atoms with van der Waals surface area (Å²) in [6.45, 7) is -1.65. The number of carboxylic acids is 1. The van der Waals surface area contributed by atoms with Gasteiger partial charge in [0.15, 0.2) is 6.61 Å². The number of ether oxygens (including phenoxy) is 2. The van der Waals surface area contributed by atoms with E-state index in [1.807, 2.05) is 0 Å². The maximum atomic E-state index is 12.9. The van der Waals surface area contributed by atoms with Gasteiger partial charge >= 0.3 is 18.3 Å². The third kappa shape index (κ3) is 4.05. The van der Waals surface area contributed by atoms with Gasteiger partial charge in [-0.3, -0.25) is 0 Å². The molecule has 0 saturated carbocycles. The van der Waals surface area contributed by atoms with Crippen molar-refractivity contribution in [2.45, 2.75) is 18.5 Å². The molecule has 2 rings (SSSR count). The average molecular weight is 377 g/mol. The van der Waals surface area contributed by atoms with Gasteiger partial charge in [-0.2, -0.15) is 26.3 Å². The van der Waals surface area contributed by atoms with E-state index in [9.17, 15) is 31.1 Å². The highest BCUT2D eigenvalue weighted by molar-refractivity contribution is 6.32. The van der Waals surface area contributed by atoms with E-state index in [4.69, 9.17) is 16.7 Å². The lowest BCUT2D eigenvalue weighted by Crippen LogP contribution is -2.40. The summed E-state index contributed by atoms with van der Waals surface area (Å²) in [5.41, 5.74) is -1.36. The van der Waals surface area contributed by atoms with Crippen molar-refractivity contribution in [2.75, 3.05) is 6.61 Å². The van der Waals surface area contributed by atoms with Gasteiger partial charge in [-0.25, -0.2) is 4.79 Å². The van der Waals surface area contributed by atoms with Gasteiger partial charge < -0.3 is 14.6 Å². The fourth-order valence-corrected chi connectivity index (χ4v) is 2.17. The molecule has 0 radical (unpaired) electrons. The van der Waals surface area contributed by atoms with Crippen LogP contribution in [0.25, 0.3) is 6.08 Å². The number of alkyl halides is 6. The van der Waals surface area contributed by atoms with Crippen LogP contribution >= 0.6 is 11.6 Å². The number of carboxylic acid groups (broad SMARTS) is 1. The van der Waals surface area contributed by atoms with Gasteiger partial charge in [0.25, 0.3) is 0 Å². The minimum atomic E-state index is -5.02. The van der Waals surface area contributed by atoms with Gasteiger partial charge in [0.1, 0.15) is 11.5 Å². The summed E-state index contributed by atoms with van der Waals surface area (Å²) in [7, 11) is 0. The third-order valence-electron chi connectivity index (χ3n) is 2.82. The van der Waals surface area contributed by atoms with Crippen LogP contribution in [-0.4, -0.2) is 36.1 Å². The van der Waals surface area contributed by atoms with Gasteiger partial charge in [-0.05, 0) is 12.1 Å². The highest BCUT2D eigenvalue weighted by Gasteiger charge is 2.48. The van der Waals surface area contributed by atoms with Crippen molar-refractivity contribution >= 4 is 23.6 Å². The molecule has 1 N–H and O–H groups in total. The Balaban J connectivity index is 2.43. The molecule has 11 heteroatoms. The van der Waals surface area contributed by atoms with Crippen molar-refractivity contribution in [1.29, 1.82) is 0 Å². The van der Waals surface area contributed by atoms with Crippen LogP contribution in [0.3, 0.4) is 0 Å². The van der Waals surface area contributed by atoms with E-state index in [0.717, 1.165) is 12.1 Å². The van der Waals surface area contributed by atoms with Crippen molar-refractivity contribution < 1.29 is 45.7 Å². The molecule has 0 aromatic heterocycles. The first-order chi connectivity index (χ1) is 10.9. The summed E-state index contributed by atoms with van der Waals surface area (Å²) in [5, 5.41) is 8.44. The van der Waals surface area contributed by atoms with Crippen LogP contribution in [0.1, 0.15) is 5.56 Å². The molecule has 4 nitrogen and oxygen atoms in total. The average Bonchev–Trinajstić information content (AvgIpc) is 2.42. The fraction of sp³-hybridized carbons (Fsp3) is 0.308. The quantitative estimate of drug-likeness (QED) is 0.808. The summed E-state index contributed by atoms with van der Waals surface area (Å²) in [6, 6.07) is 1.75. The smallest absolute Gasteiger partial charge is 0.430 e. The molecule has 1 aromatic carbocycles. The van der Waals surface area contributed by atoms with Gasteiger partial charge in [0.05, 0.1) is 10.6 Å². The highest BCUT2D eigenvalue weighted by atomic mass is 35.5. The molecular weight excluding hydrogens is 370 g/mol. The molecule has 0 fully saturated rings. The normalized spacial score (nSPS) is 17.6. The standard InChI is InChI=1S/C13H7ClF6O4/c14-8-3-6(23-4-12(15,16)17)1-5-2-7(11(21)22)10(13(18,19)20)24-9(5)8/h1-3,10H,4H2,(H,21,22). The first kappa shape index (κ1) is 18.2. The van der Waals surface area contributed by atoms with Crippen LogP contribution in [0.4, 0.5) is 26.3 Å². The molecule has 1 atom stereocenters. The Labute approximate surface area is 135 Å². The Morgan fingerprint density at radius 3 is 2.38 bits per heavy atom. The summed E-state index contributed by atoms with van der Waals surface area (Å²) in [4.78, 5) is 11.0. The van der Waals surface area contributed by atoms with E-state index in [1.54, 1.807) is 0 Å². The second-order valence-electron chi connectivity index (χ2n) is 4.67. The minimum Gasteiger partial charge on any atom is -0.484 e. The lowest BCUT2D eigenvalue weighted by molar-refractivity contribution is -0.187. The van der Waals surface area contributed by atoms with E-state index in [-0.39, 0.29) is 5.56 Å². The van der Waals surface area contributed by atoms with Crippen LogP contribution < -0.4 is 9.47 Å². The number of carbonyl (C=O) groups is 1. The van der Waals surface area contributed by atoms with E-state index >= 15 is 0 Å². The van der Waals surface area contributed by atoms with E-state index in [0.29, 0.717) is 6.08 Å². The summed E-state index contributed by atoms with van der Waals surface area (Å²) in [5.74, 6) is -2.78. The molecule has 1 aromatic rings. The van der Waals surface area contributed by atoms with Gasteiger partial charge in [0.2, 0.25) is 6.10 Å². The molecule has 1 heterocycles. The molecule has 0 amide bonds. The van der Waals surface area contributed by atoms with Crippen LogP contribution in [0, 0.1) is 0 Å². The van der Waals surface area contributed by atoms with Crippen LogP contribution in [-0.2, 0) is 4.79 Å². The Morgan fingerprint density at radius 1 is 1.25 bits per heavy atom. The molecule has 0 bridgehead atoms. The number of benzene rings is 1. The molecule has 24 heavy (non-hydrogen) atoms. The maximum Gasteiger partial charge on any atom is 0.430 e. The lowest BCUT2D eigenvalue weighted by Gasteiger charge is -2.27. The molecule has 1 unspecified atom stereocenters. The van der Waals surface area contributed by atoms with E-state index in [1.165, 1.54) is 0 Å². The summed E-state index contributed by atoms with van der Waals surface area (Å²) >= 11 is 5.71. The third-order valence-corrected chi connectivity index (χ3v) is 3.10. The lowest BCUT2D eigenvalue weighted by atomic mass is 10.0. The molecule has 1 aliphatic heterocycles. The molecule has 132 valence electrons. The van der Waals surface area contributed by atoms with Gasteiger partial charge in [-0.15, -0.1) is 0 Å². The fourth-order valence-electron chi connectivity index (χ4n) is 1.91. The first-order valence-corrected chi connectivity index (χ1v) is 6.47. The zero-order valence-corrected chi connectivity index (χ0v) is 12.1. The van der Waals surface area contributed by atoms with Gasteiger partial charge in [-0.1, -0.05) is 11.6 Å². The number of fused-ring (bicyclic) bond motifs is 1. The number of rotatable bonds is 3. The number of halogens is 7. The minimum absolute atomic E-state index is 0.238. The van der Waals surface area contributed by atoms with Crippen molar-refractivity contribution in [2.24, 2.45) is 0 Å².